The van der Waals surface area contributed by atoms with Crippen molar-refractivity contribution in [3.8, 4) is 0 Å². The van der Waals surface area contributed by atoms with Crippen LogP contribution in [0.2, 0.25) is 0 Å². The predicted octanol–water partition coefficient (Wildman–Crippen LogP) is 4.12. The van der Waals surface area contributed by atoms with Crippen LogP contribution in [0.5, 0.6) is 0 Å². The molecule has 4 fully saturated rings. The van der Waals surface area contributed by atoms with Crippen LogP contribution in [-0.4, -0.2) is 27.2 Å². The molecule has 4 rings (SSSR count). The number of aliphatic hydroxyl groups excluding tert-OH is 2. The summed E-state index contributed by atoms with van der Waals surface area (Å²) in [7, 11) is 0. The van der Waals surface area contributed by atoms with Gasteiger partial charge in [-0.15, -0.1) is 0 Å². The van der Waals surface area contributed by atoms with Crippen LogP contribution in [0.3, 0.4) is 0 Å². The van der Waals surface area contributed by atoms with Crippen molar-refractivity contribution in [2.75, 3.05) is 0 Å². The summed E-state index contributed by atoms with van der Waals surface area (Å²) >= 11 is 3.75. The largest absolute Gasteiger partial charge is 0.393 e. The second kappa shape index (κ2) is 5.20. The van der Waals surface area contributed by atoms with Crippen molar-refractivity contribution >= 4 is 15.9 Å². The van der Waals surface area contributed by atoms with Gasteiger partial charge in [-0.25, -0.2) is 0 Å². The molecule has 2 nitrogen and oxygen atoms in total. The minimum atomic E-state index is -0.169. The first-order chi connectivity index (χ1) is 10.4. The fraction of sp³-hybridized carbons (Fsp3) is 1.00. The summed E-state index contributed by atoms with van der Waals surface area (Å²) in [6, 6.07) is 0. The maximum atomic E-state index is 10.7. The lowest BCUT2D eigenvalue weighted by Crippen LogP contribution is -2.54. The van der Waals surface area contributed by atoms with Crippen LogP contribution in [0, 0.1) is 34.5 Å². The van der Waals surface area contributed by atoms with Gasteiger partial charge in [-0.1, -0.05) is 29.8 Å². The first kappa shape index (κ1) is 15.9. The van der Waals surface area contributed by atoms with Crippen molar-refractivity contribution in [3.63, 3.8) is 0 Å². The highest BCUT2D eigenvalue weighted by atomic mass is 79.9. The lowest BCUT2D eigenvalue weighted by molar-refractivity contribution is -0.133. The molecular formula is C19H31BrO2. The molecule has 0 saturated heterocycles. The highest BCUT2D eigenvalue weighted by Crippen LogP contribution is 2.66. The molecule has 9 atom stereocenters. The van der Waals surface area contributed by atoms with E-state index in [2.05, 4.69) is 29.8 Å². The quantitative estimate of drug-likeness (QED) is 0.629. The lowest BCUT2D eigenvalue weighted by atomic mass is 9.45. The number of hydrogen-bond donors (Lipinski definition) is 2. The first-order valence-corrected chi connectivity index (χ1v) is 10.3. The molecule has 4 aliphatic rings. The van der Waals surface area contributed by atoms with Gasteiger partial charge >= 0.3 is 0 Å². The third-order valence-corrected chi connectivity index (χ3v) is 9.45. The SMILES string of the molecule is C[C@]12CC[C@@H](O)C[C@H]1CC[C@@H]1[C@@H]2CC[C@]2(C)[C@@H](O)[C@H](Br)C[C@@H]12. The molecule has 0 aromatic rings. The van der Waals surface area contributed by atoms with Crippen molar-refractivity contribution in [2.45, 2.75) is 82.2 Å². The van der Waals surface area contributed by atoms with Crippen molar-refractivity contribution in [2.24, 2.45) is 34.5 Å². The van der Waals surface area contributed by atoms with Crippen LogP contribution in [0.25, 0.3) is 0 Å². The molecule has 0 amide bonds. The van der Waals surface area contributed by atoms with Crippen molar-refractivity contribution in [1.29, 1.82) is 0 Å². The van der Waals surface area contributed by atoms with Gasteiger partial charge in [0.15, 0.2) is 0 Å². The zero-order valence-electron chi connectivity index (χ0n) is 14.0. The van der Waals surface area contributed by atoms with E-state index < -0.39 is 0 Å². The summed E-state index contributed by atoms with van der Waals surface area (Å²) in [4.78, 5) is 0.292. The molecule has 4 aliphatic carbocycles. The fourth-order valence-electron chi connectivity index (χ4n) is 7.18. The molecule has 0 aliphatic heterocycles. The molecule has 0 radical (unpaired) electrons. The van der Waals surface area contributed by atoms with Crippen LogP contribution in [0.15, 0.2) is 0 Å². The Morgan fingerprint density at radius 3 is 2.36 bits per heavy atom. The van der Waals surface area contributed by atoms with E-state index in [0.29, 0.717) is 16.2 Å². The maximum Gasteiger partial charge on any atom is 0.0721 e. The third kappa shape index (κ3) is 2.04. The molecule has 3 heteroatoms. The van der Waals surface area contributed by atoms with Crippen LogP contribution in [0.4, 0.5) is 0 Å². The Balaban J connectivity index is 1.63. The van der Waals surface area contributed by atoms with E-state index in [-0.39, 0.29) is 17.6 Å². The molecule has 0 aromatic carbocycles. The summed E-state index contributed by atoms with van der Waals surface area (Å²) in [6.45, 7) is 4.87. The summed E-state index contributed by atoms with van der Waals surface area (Å²) in [6.07, 6.45) is 9.28. The average molecular weight is 371 g/mol. The van der Waals surface area contributed by atoms with Crippen LogP contribution in [-0.2, 0) is 0 Å². The Hall–Kier alpha value is 0.400. The van der Waals surface area contributed by atoms with E-state index >= 15 is 0 Å². The lowest BCUT2D eigenvalue weighted by Gasteiger charge is -2.60. The van der Waals surface area contributed by atoms with Gasteiger partial charge in [0, 0.05) is 4.83 Å². The van der Waals surface area contributed by atoms with E-state index in [1.54, 1.807) is 0 Å². The second-order valence-electron chi connectivity index (χ2n) is 9.33. The number of rotatable bonds is 0. The Bertz CT molecular complexity index is 455. The molecule has 0 heterocycles. The molecule has 22 heavy (non-hydrogen) atoms. The molecule has 126 valence electrons. The van der Waals surface area contributed by atoms with Gasteiger partial charge in [0.2, 0.25) is 0 Å². The van der Waals surface area contributed by atoms with Gasteiger partial charge in [0.1, 0.15) is 0 Å². The molecule has 0 unspecified atom stereocenters. The maximum absolute atomic E-state index is 10.7. The Morgan fingerprint density at radius 2 is 1.59 bits per heavy atom. The summed E-state index contributed by atoms with van der Waals surface area (Å²) < 4.78 is 0. The molecule has 4 saturated carbocycles. The number of fused-ring (bicyclic) bond motifs is 5. The first-order valence-electron chi connectivity index (χ1n) is 9.36. The molecule has 0 aromatic heterocycles. The van der Waals surface area contributed by atoms with E-state index in [4.69, 9.17) is 0 Å². The van der Waals surface area contributed by atoms with Gasteiger partial charge in [-0.3, -0.25) is 0 Å². The minimum Gasteiger partial charge on any atom is -0.393 e. The number of hydrogen-bond acceptors (Lipinski definition) is 2. The number of aliphatic hydroxyl groups is 2. The highest BCUT2D eigenvalue weighted by molar-refractivity contribution is 9.09. The van der Waals surface area contributed by atoms with Crippen LogP contribution >= 0.6 is 15.9 Å². The standard InChI is InChI=1S/C19H31BrO2/c1-18-7-5-12(21)9-11(18)3-4-13-14(18)6-8-19(2)15(13)10-16(20)17(19)22/h11-17,21-22H,3-10H2,1-2H3/t11-,12-,13-,14+,15+,16-,17+,18+,19+/m1/s1. The summed E-state index contributed by atoms with van der Waals surface area (Å²) in [5, 5.41) is 20.8. The van der Waals surface area contributed by atoms with Gasteiger partial charge in [0.05, 0.1) is 12.2 Å². The van der Waals surface area contributed by atoms with Crippen molar-refractivity contribution in [1.82, 2.24) is 0 Å². The van der Waals surface area contributed by atoms with E-state index in [1.165, 1.54) is 32.1 Å². The smallest absolute Gasteiger partial charge is 0.0721 e. The zero-order chi connectivity index (χ0) is 15.7. The van der Waals surface area contributed by atoms with Gasteiger partial charge in [0.25, 0.3) is 0 Å². The van der Waals surface area contributed by atoms with Crippen LogP contribution < -0.4 is 0 Å². The Kier molecular flexibility index (Phi) is 3.76. The Morgan fingerprint density at radius 1 is 0.864 bits per heavy atom. The van der Waals surface area contributed by atoms with Crippen molar-refractivity contribution < 1.29 is 10.2 Å². The molecule has 0 spiro atoms. The van der Waals surface area contributed by atoms with E-state index in [0.717, 1.165) is 37.0 Å². The predicted molar refractivity (Wildman–Crippen MR) is 91.8 cm³/mol. The van der Waals surface area contributed by atoms with E-state index in [9.17, 15) is 10.2 Å². The monoisotopic (exact) mass is 370 g/mol. The third-order valence-electron chi connectivity index (χ3n) is 8.57. The van der Waals surface area contributed by atoms with Crippen molar-refractivity contribution in [3.05, 3.63) is 0 Å². The summed E-state index contributed by atoms with van der Waals surface area (Å²) in [5.41, 5.74) is 0.575. The second-order valence-corrected chi connectivity index (χ2v) is 10.5. The number of alkyl halides is 1. The summed E-state index contributed by atoms with van der Waals surface area (Å²) in [5.74, 6) is 3.04. The normalized spacial score (nSPS) is 61.2. The zero-order valence-corrected chi connectivity index (χ0v) is 15.6. The fourth-order valence-corrected chi connectivity index (χ4v) is 8.19. The highest BCUT2D eigenvalue weighted by Gasteiger charge is 2.61. The Labute approximate surface area is 143 Å². The van der Waals surface area contributed by atoms with E-state index in [1.807, 2.05) is 0 Å². The average Bonchev–Trinajstić information content (AvgIpc) is 2.72. The molecule has 0 bridgehead atoms. The molecule has 2 N–H and O–H groups in total. The van der Waals surface area contributed by atoms with Crippen LogP contribution in [0.1, 0.15) is 65.2 Å². The topological polar surface area (TPSA) is 40.5 Å². The minimum absolute atomic E-state index is 0.0521. The van der Waals surface area contributed by atoms with Gasteiger partial charge in [-0.05, 0) is 85.9 Å². The molecular weight excluding hydrogens is 340 g/mol. The van der Waals surface area contributed by atoms with Gasteiger partial charge in [-0.2, -0.15) is 0 Å². The number of halogens is 1. The van der Waals surface area contributed by atoms with Gasteiger partial charge < -0.3 is 10.2 Å².